The van der Waals surface area contributed by atoms with Gasteiger partial charge in [0.25, 0.3) is 5.91 Å². The van der Waals surface area contributed by atoms with Gasteiger partial charge in [0.05, 0.1) is 18.6 Å². The van der Waals surface area contributed by atoms with Crippen LogP contribution in [0.5, 0.6) is 0 Å². The molecule has 2 aliphatic heterocycles. The first kappa shape index (κ1) is 20.6. The van der Waals surface area contributed by atoms with Crippen molar-refractivity contribution in [2.75, 3.05) is 24.5 Å². The number of nitrogens with zero attached hydrogens (tertiary/aromatic N) is 2. The second kappa shape index (κ2) is 8.20. The average Bonchev–Trinajstić information content (AvgIpc) is 3.05. The zero-order valence-corrected chi connectivity index (χ0v) is 17.4. The Kier molecular flexibility index (Phi) is 5.62. The molecule has 4 rings (SSSR count). The van der Waals surface area contributed by atoms with Crippen molar-refractivity contribution in [2.45, 2.75) is 44.2 Å². The Bertz CT molecular complexity index is 948. The molecule has 2 aliphatic rings. The summed E-state index contributed by atoms with van der Waals surface area (Å²) in [7, 11) is 0. The fourth-order valence-corrected chi connectivity index (χ4v) is 4.52. The number of aliphatic hydroxyl groups is 1. The van der Waals surface area contributed by atoms with Crippen LogP contribution in [-0.4, -0.2) is 47.1 Å². The number of carbonyl (C=O) groups is 2. The molecule has 0 saturated carbocycles. The van der Waals surface area contributed by atoms with E-state index in [2.05, 4.69) is 18.2 Å². The standard InChI is InChI=1S/C24H29N3O3/c1-24(30)14-22(28)27(16-24)21-7-3-6-20(13-21)23(29)26-10-8-18(9-11-26)19-5-2-4-17(12-19)15-25/h2-7,12-13,18,30H,8-11,14-16,25H2,1H3. The number of rotatable bonds is 4. The molecule has 2 amide bonds. The summed E-state index contributed by atoms with van der Waals surface area (Å²) >= 11 is 0. The number of benzene rings is 2. The summed E-state index contributed by atoms with van der Waals surface area (Å²) < 4.78 is 0. The SMILES string of the molecule is CC1(O)CC(=O)N(c2cccc(C(=O)N3CCC(c4cccc(CN)c4)CC3)c2)C1. The Morgan fingerprint density at radius 3 is 2.57 bits per heavy atom. The Balaban J connectivity index is 1.43. The molecule has 6 heteroatoms. The number of hydrogen-bond donors (Lipinski definition) is 2. The number of carbonyl (C=O) groups excluding carboxylic acids is 2. The normalized spacial score (nSPS) is 22.6. The predicted octanol–water partition coefficient (Wildman–Crippen LogP) is 2.65. The summed E-state index contributed by atoms with van der Waals surface area (Å²) in [6.07, 6.45) is 1.95. The van der Waals surface area contributed by atoms with Gasteiger partial charge < -0.3 is 20.6 Å². The van der Waals surface area contributed by atoms with Crippen molar-refractivity contribution in [3.63, 3.8) is 0 Å². The van der Waals surface area contributed by atoms with Gasteiger partial charge in [0.1, 0.15) is 0 Å². The molecular weight excluding hydrogens is 378 g/mol. The van der Waals surface area contributed by atoms with Gasteiger partial charge in [-0.1, -0.05) is 30.3 Å². The Morgan fingerprint density at radius 1 is 1.17 bits per heavy atom. The first-order valence-corrected chi connectivity index (χ1v) is 10.6. The van der Waals surface area contributed by atoms with Gasteiger partial charge >= 0.3 is 0 Å². The molecule has 0 aliphatic carbocycles. The van der Waals surface area contributed by atoms with Crippen molar-refractivity contribution in [1.29, 1.82) is 0 Å². The third-order valence-electron chi connectivity index (χ3n) is 6.18. The average molecular weight is 408 g/mol. The fraction of sp³-hybridized carbons (Fsp3) is 0.417. The van der Waals surface area contributed by atoms with Crippen molar-refractivity contribution in [2.24, 2.45) is 5.73 Å². The number of anilines is 1. The highest BCUT2D eigenvalue weighted by Crippen LogP contribution is 2.31. The van der Waals surface area contributed by atoms with Crippen LogP contribution in [0.4, 0.5) is 5.69 Å². The maximum absolute atomic E-state index is 13.1. The maximum atomic E-state index is 13.1. The van der Waals surface area contributed by atoms with Crippen LogP contribution in [0.1, 0.15) is 53.6 Å². The number of nitrogens with two attached hydrogens (primary N) is 1. The summed E-state index contributed by atoms with van der Waals surface area (Å²) in [6.45, 7) is 3.86. The summed E-state index contributed by atoms with van der Waals surface area (Å²) in [5.41, 5.74) is 8.41. The molecule has 1 unspecified atom stereocenters. The summed E-state index contributed by atoms with van der Waals surface area (Å²) in [6, 6.07) is 15.6. The monoisotopic (exact) mass is 407 g/mol. The first-order chi connectivity index (χ1) is 14.4. The van der Waals surface area contributed by atoms with Gasteiger partial charge in [0.2, 0.25) is 5.91 Å². The molecule has 2 fully saturated rings. The lowest BCUT2D eigenvalue weighted by atomic mass is 9.88. The van der Waals surface area contributed by atoms with E-state index in [9.17, 15) is 14.7 Å². The molecule has 6 nitrogen and oxygen atoms in total. The second-order valence-electron chi connectivity index (χ2n) is 8.72. The summed E-state index contributed by atoms with van der Waals surface area (Å²) in [5.74, 6) is 0.311. The highest BCUT2D eigenvalue weighted by atomic mass is 16.3. The van der Waals surface area contributed by atoms with E-state index in [0.717, 1.165) is 18.4 Å². The van der Waals surface area contributed by atoms with Crippen LogP contribution < -0.4 is 10.6 Å². The molecule has 1 atom stereocenters. The molecule has 0 spiro atoms. The predicted molar refractivity (Wildman–Crippen MR) is 116 cm³/mol. The van der Waals surface area contributed by atoms with E-state index in [1.165, 1.54) is 5.56 Å². The molecule has 2 heterocycles. The number of amides is 2. The van der Waals surface area contributed by atoms with E-state index < -0.39 is 5.60 Å². The van der Waals surface area contributed by atoms with Crippen LogP contribution in [0.25, 0.3) is 0 Å². The first-order valence-electron chi connectivity index (χ1n) is 10.6. The van der Waals surface area contributed by atoms with Gasteiger partial charge in [0.15, 0.2) is 0 Å². The molecule has 0 aromatic heterocycles. The van der Waals surface area contributed by atoms with Crippen molar-refractivity contribution in [3.05, 3.63) is 65.2 Å². The van der Waals surface area contributed by atoms with Crippen molar-refractivity contribution in [1.82, 2.24) is 4.90 Å². The minimum atomic E-state index is -1.03. The largest absolute Gasteiger partial charge is 0.388 e. The lowest BCUT2D eigenvalue weighted by Crippen LogP contribution is -2.38. The van der Waals surface area contributed by atoms with E-state index in [0.29, 0.717) is 36.8 Å². The van der Waals surface area contributed by atoms with Crippen LogP contribution in [-0.2, 0) is 11.3 Å². The minimum absolute atomic E-state index is 0.00980. The third kappa shape index (κ3) is 4.25. The summed E-state index contributed by atoms with van der Waals surface area (Å²) in [4.78, 5) is 28.8. The van der Waals surface area contributed by atoms with Crippen molar-refractivity contribution >= 4 is 17.5 Å². The minimum Gasteiger partial charge on any atom is -0.388 e. The molecule has 0 radical (unpaired) electrons. The number of hydrogen-bond acceptors (Lipinski definition) is 4. The lowest BCUT2D eigenvalue weighted by Gasteiger charge is -2.32. The zero-order chi connectivity index (χ0) is 21.3. The molecule has 2 saturated heterocycles. The Morgan fingerprint density at radius 2 is 1.90 bits per heavy atom. The van der Waals surface area contributed by atoms with Gasteiger partial charge in [0, 0.05) is 30.9 Å². The summed E-state index contributed by atoms with van der Waals surface area (Å²) in [5, 5.41) is 10.2. The zero-order valence-electron chi connectivity index (χ0n) is 17.4. The quantitative estimate of drug-likeness (QED) is 0.816. The molecule has 0 bridgehead atoms. The van der Waals surface area contributed by atoms with Gasteiger partial charge in [-0.2, -0.15) is 0 Å². The molecule has 158 valence electrons. The van der Waals surface area contributed by atoms with Crippen molar-refractivity contribution in [3.8, 4) is 0 Å². The Hall–Kier alpha value is -2.70. The van der Waals surface area contributed by atoms with E-state index in [1.54, 1.807) is 30.0 Å². The van der Waals surface area contributed by atoms with Crippen molar-refractivity contribution < 1.29 is 14.7 Å². The number of piperidine rings is 1. The van der Waals surface area contributed by atoms with E-state index in [1.807, 2.05) is 17.0 Å². The molecule has 3 N–H and O–H groups in total. The van der Waals surface area contributed by atoms with Crippen LogP contribution in [0.15, 0.2) is 48.5 Å². The maximum Gasteiger partial charge on any atom is 0.253 e. The highest BCUT2D eigenvalue weighted by molar-refractivity contribution is 5.99. The van der Waals surface area contributed by atoms with E-state index >= 15 is 0 Å². The smallest absolute Gasteiger partial charge is 0.253 e. The van der Waals surface area contributed by atoms with Gasteiger partial charge in [-0.3, -0.25) is 9.59 Å². The lowest BCUT2D eigenvalue weighted by molar-refractivity contribution is -0.118. The van der Waals surface area contributed by atoms with Gasteiger partial charge in [-0.15, -0.1) is 0 Å². The van der Waals surface area contributed by atoms with E-state index in [4.69, 9.17) is 5.73 Å². The molecule has 2 aromatic rings. The van der Waals surface area contributed by atoms with Crippen LogP contribution in [0.2, 0.25) is 0 Å². The van der Waals surface area contributed by atoms with Crippen LogP contribution in [0, 0.1) is 0 Å². The number of likely N-dealkylation sites (tertiary alicyclic amines) is 1. The third-order valence-corrected chi connectivity index (χ3v) is 6.18. The highest BCUT2D eigenvalue weighted by Gasteiger charge is 2.38. The van der Waals surface area contributed by atoms with Gasteiger partial charge in [-0.05, 0) is 55.0 Å². The van der Waals surface area contributed by atoms with Crippen LogP contribution >= 0.6 is 0 Å². The second-order valence-corrected chi connectivity index (χ2v) is 8.72. The molecule has 30 heavy (non-hydrogen) atoms. The molecular formula is C24H29N3O3. The number of β-amino-alcohol motifs (C(OH)–C–C–N with tert-alkyl or cyclic N) is 1. The van der Waals surface area contributed by atoms with Gasteiger partial charge in [-0.25, -0.2) is 0 Å². The Labute approximate surface area is 177 Å². The van der Waals surface area contributed by atoms with Crippen LogP contribution in [0.3, 0.4) is 0 Å². The fourth-order valence-electron chi connectivity index (χ4n) is 4.52. The van der Waals surface area contributed by atoms with E-state index in [-0.39, 0.29) is 24.8 Å². The molecule has 2 aromatic carbocycles. The topological polar surface area (TPSA) is 86.9 Å².